The second-order valence-electron chi connectivity index (χ2n) is 7.35. The number of hydrogen-bond donors (Lipinski definition) is 4. The summed E-state index contributed by atoms with van der Waals surface area (Å²) in [6, 6.07) is -1.69. The summed E-state index contributed by atoms with van der Waals surface area (Å²) in [7, 11) is 1.71. The molecule has 0 aromatic heterocycles. The van der Waals surface area contributed by atoms with E-state index in [1.807, 2.05) is 13.8 Å². The largest absolute Gasteiger partial charge is 0.356 e. The van der Waals surface area contributed by atoms with Gasteiger partial charge in [-0.05, 0) is 52.5 Å². The molecule has 0 aliphatic carbocycles. The van der Waals surface area contributed by atoms with Crippen molar-refractivity contribution >= 4 is 23.5 Å². The van der Waals surface area contributed by atoms with Gasteiger partial charge < -0.3 is 21.3 Å². The van der Waals surface area contributed by atoms with Gasteiger partial charge in [0.15, 0.2) is 5.78 Å². The van der Waals surface area contributed by atoms with Crippen molar-refractivity contribution in [3.8, 4) is 0 Å². The van der Waals surface area contributed by atoms with E-state index in [1.54, 1.807) is 14.0 Å². The highest BCUT2D eigenvalue weighted by molar-refractivity contribution is 5.92. The van der Waals surface area contributed by atoms with Crippen LogP contribution in [-0.4, -0.2) is 55.2 Å². The van der Waals surface area contributed by atoms with Crippen molar-refractivity contribution in [2.75, 3.05) is 13.6 Å². The molecule has 156 valence electrons. The molecule has 0 bridgehead atoms. The number of Topliss-reactive ketones (excluding diaryl/α,β-unsaturated/α-hetero) is 1. The van der Waals surface area contributed by atoms with Crippen LogP contribution in [0.15, 0.2) is 0 Å². The summed E-state index contributed by atoms with van der Waals surface area (Å²) in [4.78, 5) is 47.3. The predicted octanol–water partition coefficient (Wildman–Crippen LogP) is 0.505. The lowest BCUT2D eigenvalue weighted by molar-refractivity contribution is -0.131. The van der Waals surface area contributed by atoms with E-state index in [2.05, 4.69) is 21.3 Å². The fraction of sp³-hybridized carbons (Fsp3) is 0.789. The standard InChI is InChI=1S/C19H36N4O4/c1-12(2)11-17(20-6)19(27)22-13(3)18(26)23-16(14(4)24)9-7-8-10-21-15(5)25/h12-13,16-17,20H,7-11H2,1-6H3,(H,21,25)(H,22,27)(H,23,26)/t13?,16-,17-/m0/s1. The van der Waals surface area contributed by atoms with Crippen molar-refractivity contribution in [2.24, 2.45) is 5.92 Å². The summed E-state index contributed by atoms with van der Waals surface area (Å²) < 4.78 is 0. The zero-order valence-corrected chi connectivity index (χ0v) is 17.5. The minimum Gasteiger partial charge on any atom is -0.356 e. The molecule has 27 heavy (non-hydrogen) atoms. The van der Waals surface area contributed by atoms with Gasteiger partial charge in [0.2, 0.25) is 17.7 Å². The molecule has 0 fully saturated rings. The van der Waals surface area contributed by atoms with Crippen LogP contribution >= 0.6 is 0 Å². The van der Waals surface area contributed by atoms with Gasteiger partial charge in [0.05, 0.1) is 12.1 Å². The summed E-state index contributed by atoms with van der Waals surface area (Å²) in [5, 5.41) is 11.1. The molecule has 0 aromatic rings. The third-order valence-electron chi connectivity index (χ3n) is 4.22. The van der Waals surface area contributed by atoms with Crippen LogP contribution in [0.4, 0.5) is 0 Å². The van der Waals surface area contributed by atoms with Crippen molar-refractivity contribution in [1.29, 1.82) is 0 Å². The molecule has 3 atom stereocenters. The monoisotopic (exact) mass is 384 g/mol. The zero-order valence-electron chi connectivity index (χ0n) is 17.5. The highest BCUT2D eigenvalue weighted by Crippen LogP contribution is 2.05. The van der Waals surface area contributed by atoms with Crippen molar-refractivity contribution in [3.05, 3.63) is 0 Å². The minimum absolute atomic E-state index is 0.0895. The Balaban J connectivity index is 4.50. The van der Waals surface area contributed by atoms with Gasteiger partial charge in [0.25, 0.3) is 0 Å². The molecule has 0 saturated carbocycles. The predicted molar refractivity (Wildman–Crippen MR) is 105 cm³/mol. The molecule has 0 aliphatic rings. The summed E-state index contributed by atoms with van der Waals surface area (Å²) in [6.45, 7) is 9.08. The summed E-state index contributed by atoms with van der Waals surface area (Å²) in [5.41, 5.74) is 0. The molecule has 0 saturated heterocycles. The number of hydrogen-bond acceptors (Lipinski definition) is 5. The van der Waals surface area contributed by atoms with Gasteiger partial charge in [-0.3, -0.25) is 19.2 Å². The second kappa shape index (κ2) is 13.2. The Morgan fingerprint density at radius 2 is 1.48 bits per heavy atom. The second-order valence-corrected chi connectivity index (χ2v) is 7.35. The van der Waals surface area contributed by atoms with Crippen LogP contribution in [-0.2, 0) is 19.2 Å². The molecular formula is C19H36N4O4. The molecule has 4 N–H and O–H groups in total. The van der Waals surface area contributed by atoms with E-state index >= 15 is 0 Å². The topological polar surface area (TPSA) is 116 Å². The molecule has 0 radical (unpaired) electrons. The fourth-order valence-electron chi connectivity index (χ4n) is 2.62. The van der Waals surface area contributed by atoms with E-state index in [4.69, 9.17) is 0 Å². The van der Waals surface area contributed by atoms with E-state index in [0.717, 1.165) is 6.42 Å². The Bertz CT molecular complexity index is 508. The highest BCUT2D eigenvalue weighted by Gasteiger charge is 2.24. The van der Waals surface area contributed by atoms with Crippen LogP contribution in [0.25, 0.3) is 0 Å². The van der Waals surface area contributed by atoms with Gasteiger partial charge in [0, 0.05) is 13.5 Å². The van der Waals surface area contributed by atoms with Gasteiger partial charge in [-0.1, -0.05) is 13.8 Å². The van der Waals surface area contributed by atoms with Crippen molar-refractivity contribution in [1.82, 2.24) is 21.3 Å². The third kappa shape index (κ3) is 11.4. The molecule has 0 rings (SSSR count). The van der Waals surface area contributed by atoms with Crippen molar-refractivity contribution in [2.45, 2.75) is 78.4 Å². The lowest BCUT2D eigenvalue weighted by Gasteiger charge is -2.23. The number of amides is 3. The maximum absolute atomic E-state index is 12.3. The number of likely N-dealkylation sites (N-methyl/N-ethyl adjacent to an activating group) is 1. The number of rotatable bonds is 13. The van der Waals surface area contributed by atoms with Crippen LogP contribution in [0, 0.1) is 5.92 Å². The Labute approximate surface area is 162 Å². The van der Waals surface area contributed by atoms with Gasteiger partial charge in [0.1, 0.15) is 6.04 Å². The van der Waals surface area contributed by atoms with Gasteiger partial charge in [-0.15, -0.1) is 0 Å². The first-order valence-electron chi connectivity index (χ1n) is 9.61. The van der Waals surface area contributed by atoms with Crippen LogP contribution < -0.4 is 21.3 Å². The SMILES string of the molecule is CN[C@@H](CC(C)C)C(=O)NC(C)C(=O)N[C@@H](CCCCNC(C)=O)C(C)=O. The molecule has 1 unspecified atom stereocenters. The molecule has 0 aliphatic heterocycles. The van der Waals surface area contributed by atoms with Gasteiger partial charge in [-0.2, -0.15) is 0 Å². The first-order valence-corrected chi connectivity index (χ1v) is 9.61. The number of unbranched alkanes of at least 4 members (excludes halogenated alkanes) is 1. The van der Waals surface area contributed by atoms with Gasteiger partial charge in [-0.25, -0.2) is 0 Å². The Morgan fingerprint density at radius 1 is 0.852 bits per heavy atom. The van der Waals surface area contributed by atoms with Crippen LogP contribution in [0.3, 0.4) is 0 Å². The Morgan fingerprint density at radius 3 is 1.96 bits per heavy atom. The molecule has 0 aromatic carbocycles. The number of carbonyl (C=O) groups is 4. The average molecular weight is 385 g/mol. The summed E-state index contributed by atoms with van der Waals surface area (Å²) >= 11 is 0. The first kappa shape index (κ1) is 25.0. The molecule has 8 nitrogen and oxygen atoms in total. The van der Waals surface area contributed by atoms with E-state index in [1.165, 1.54) is 13.8 Å². The molecule has 3 amide bonds. The smallest absolute Gasteiger partial charge is 0.242 e. The lowest BCUT2D eigenvalue weighted by atomic mass is 10.0. The lowest BCUT2D eigenvalue weighted by Crippen LogP contribution is -2.53. The summed E-state index contributed by atoms with van der Waals surface area (Å²) in [5.74, 6) is -0.493. The Kier molecular flexibility index (Phi) is 12.3. The quantitative estimate of drug-likeness (QED) is 0.345. The number of ketones is 1. The molecule has 0 heterocycles. The maximum atomic E-state index is 12.3. The van der Waals surface area contributed by atoms with Crippen molar-refractivity contribution in [3.63, 3.8) is 0 Å². The molecule has 8 heteroatoms. The van der Waals surface area contributed by atoms with Crippen LogP contribution in [0.5, 0.6) is 0 Å². The average Bonchev–Trinajstić information content (AvgIpc) is 2.57. The molecular weight excluding hydrogens is 348 g/mol. The van der Waals surface area contributed by atoms with Crippen molar-refractivity contribution < 1.29 is 19.2 Å². The number of carbonyl (C=O) groups excluding carboxylic acids is 4. The van der Waals surface area contributed by atoms with E-state index in [9.17, 15) is 19.2 Å². The fourth-order valence-corrected chi connectivity index (χ4v) is 2.62. The highest BCUT2D eigenvalue weighted by atomic mass is 16.2. The normalized spacial score (nSPS) is 14.2. The maximum Gasteiger partial charge on any atom is 0.242 e. The first-order chi connectivity index (χ1) is 12.6. The van der Waals surface area contributed by atoms with E-state index in [0.29, 0.717) is 31.7 Å². The summed E-state index contributed by atoms with van der Waals surface area (Å²) in [6.07, 6.45) is 2.58. The van der Waals surface area contributed by atoms with Crippen LogP contribution in [0.1, 0.15) is 60.3 Å². The van der Waals surface area contributed by atoms with Gasteiger partial charge >= 0.3 is 0 Å². The minimum atomic E-state index is -0.734. The third-order valence-corrected chi connectivity index (χ3v) is 4.22. The zero-order chi connectivity index (χ0) is 21.0. The van der Waals surface area contributed by atoms with Crippen LogP contribution in [0.2, 0.25) is 0 Å². The van der Waals surface area contributed by atoms with E-state index < -0.39 is 12.1 Å². The van der Waals surface area contributed by atoms with E-state index in [-0.39, 0.29) is 29.5 Å². The molecule has 0 spiro atoms. The Hall–Kier alpha value is -1.96. The number of nitrogens with one attached hydrogen (secondary N) is 4.